The molecule has 0 aliphatic rings. The zero-order valence-electron chi connectivity index (χ0n) is 8.61. The lowest BCUT2D eigenvalue weighted by atomic mass is 10.3. The van der Waals surface area contributed by atoms with Gasteiger partial charge in [0.05, 0.1) is 0 Å². The Balaban J connectivity index is 2.30. The van der Waals surface area contributed by atoms with Crippen LogP contribution in [0.1, 0.15) is 5.82 Å². The fraction of sp³-hybridized carbons (Fsp3) is 0.100. The molecule has 1 aromatic heterocycles. The topological polar surface area (TPSA) is 95.1 Å². The molecule has 0 saturated heterocycles. The van der Waals surface area contributed by atoms with E-state index in [1.807, 2.05) is 34.9 Å². The van der Waals surface area contributed by atoms with Crippen molar-refractivity contribution in [1.29, 1.82) is 0 Å². The van der Waals surface area contributed by atoms with Crippen LogP contribution in [0.4, 0.5) is 0 Å². The van der Waals surface area contributed by atoms with Gasteiger partial charge in [0.2, 0.25) is 0 Å². The van der Waals surface area contributed by atoms with Gasteiger partial charge < -0.3 is 11.5 Å². The highest BCUT2D eigenvalue weighted by Gasteiger charge is 2.04. The number of para-hydroxylation sites is 1. The van der Waals surface area contributed by atoms with Crippen molar-refractivity contribution in [2.75, 3.05) is 0 Å². The summed E-state index contributed by atoms with van der Waals surface area (Å²) in [5.74, 6) is 0.738. The van der Waals surface area contributed by atoms with E-state index in [2.05, 4.69) is 15.2 Å². The molecule has 0 saturated carbocycles. The van der Waals surface area contributed by atoms with Crippen molar-refractivity contribution in [2.45, 2.75) is 6.54 Å². The Labute approximate surface area is 92.6 Å². The van der Waals surface area contributed by atoms with E-state index in [1.165, 1.54) is 0 Å². The van der Waals surface area contributed by atoms with Crippen LogP contribution in [-0.4, -0.2) is 20.7 Å². The number of aliphatic imine (C=N–C) groups is 1. The normalized spacial score (nSPS) is 10.0. The first-order valence-electron chi connectivity index (χ1n) is 4.77. The fourth-order valence-corrected chi connectivity index (χ4v) is 1.33. The summed E-state index contributed by atoms with van der Waals surface area (Å²) in [4.78, 5) is 3.90. The summed E-state index contributed by atoms with van der Waals surface area (Å²) in [6.07, 6.45) is 1.63. The number of aromatic nitrogens is 3. The van der Waals surface area contributed by atoms with Gasteiger partial charge in [0.15, 0.2) is 11.8 Å². The van der Waals surface area contributed by atoms with Crippen LogP contribution in [0, 0.1) is 0 Å². The van der Waals surface area contributed by atoms with Gasteiger partial charge in [0.25, 0.3) is 0 Å². The first-order chi connectivity index (χ1) is 7.77. The average molecular weight is 216 g/mol. The summed E-state index contributed by atoms with van der Waals surface area (Å²) in [5, 5.41) is 7.80. The second-order valence-electron chi connectivity index (χ2n) is 3.19. The number of benzene rings is 1. The van der Waals surface area contributed by atoms with E-state index in [0.717, 1.165) is 5.69 Å². The summed E-state index contributed by atoms with van der Waals surface area (Å²) in [6, 6.07) is 9.76. The van der Waals surface area contributed by atoms with Crippen LogP contribution in [0.25, 0.3) is 5.69 Å². The van der Waals surface area contributed by atoms with E-state index in [1.54, 1.807) is 6.33 Å². The molecule has 0 fully saturated rings. The van der Waals surface area contributed by atoms with Crippen LogP contribution in [0.3, 0.4) is 0 Å². The van der Waals surface area contributed by atoms with E-state index in [4.69, 9.17) is 11.5 Å². The van der Waals surface area contributed by atoms with Gasteiger partial charge in [-0.2, -0.15) is 0 Å². The highest BCUT2D eigenvalue weighted by molar-refractivity contribution is 5.75. The Morgan fingerprint density at radius 1 is 1.25 bits per heavy atom. The minimum absolute atomic E-state index is 0.0441. The minimum Gasteiger partial charge on any atom is -0.370 e. The smallest absolute Gasteiger partial charge is 0.186 e. The van der Waals surface area contributed by atoms with Crippen molar-refractivity contribution in [3.63, 3.8) is 0 Å². The van der Waals surface area contributed by atoms with E-state index in [9.17, 15) is 0 Å². The van der Waals surface area contributed by atoms with Gasteiger partial charge in [-0.05, 0) is 12.1 Å². The van der Waals surface area contributed by atoms with Crippen LogP contribution in [-0.2, 0) is 6.54 Å². The van der Waals surface area contributed by atoms with E-state index < -0.39 is 0 Å². The predicted molar refractivity (Wildman–Crippen MR) is 60.9 cm³/mol. The summed E-state index contributed by atoms with van der Waals surface area (Å²) >= 11 is 0. The molecule has 0 aliphatic heterocycles. The van der Waals surface area contributed by atoms with Crippen LogP contribution < -0.4 is 11.5 Å². The maximum Gasteiger partial charge on any atom is 0.186 e. The maximum atomic E-state index is 5.27. The molecule has 2 rings (SSSR count). The van der Waals surface area contributed by atoms with Gasteiger partial charge >= 0.3 is 0 Å². The molecule has 1 aromatic carbocycles. The monoisotopic (exact) mass is 216 g/mol. The number of hydrogen-bond donors (Lipinski definition) is 2. The van der Waals surface area contributed by atoms with Gasteiger partial charge in [-0.25, -0.2) is 4.99 Å². The standard InChI is InChI=1S/C10H12N6/c11-10(12)13-6-9-15-14-7-16(9)8-4-2-1-3-5-8/h1-5,7H,6H2,(H4,11,12,13). The summed E-state index contributed by atoms with van der Waals surface area (Å²) in [5.41, 5.74) is 11.5. The number of nitrogens with zero attached hydrogens (tertiary/aromatic N) is 4. The molecule has 16 heavy (non-hydrogen) atoms. The predicted octanol–water partition coefficient (Wildman–Crippen LogP) is 0.0407. The SMILES string of the molecule is NC(N)=NCc1nncn1-c1ccccc1. The van der Waals surface area contributed by atoms with Gasteiger partial charge in [0, 0.05) is 5.69 Å². The van der Waals surface area contributed by atoms with Gasteiger partial charge in [-0.1, -0.05) is 18.2 Å². The Morgan fingerprint density at radius 2 is 2.00 bits per heavy atom. The number of rotatable bonds is 3. The molecule has 0 unspecified atom stereocenters. The molecule has 6 heteroatoms. The Hall–Kier alpha value is -2.37. The van der Waals surface area contributed by atoms with Crippen molar-refractivity contribution in [1.82, 2.24) is 14.8 Å². The van der Waals surface area contributed by atoms with Crippen molar-refractivity contribution >= 4 is 5.96 Å². The van der Waals surface area contributed by atoms with E-state index in [0.29, 0.717) is 12.4 Å². The Bertz CT molecular complexity index is 483. The summed E-state index contributed by atoms with van der Waals surface area (Å²) in [6.45, 7) is 0.317. The lowest BCUT2D eigenvalue weighted by Crippen LogP contribution is -2.23. The summed E-state index contributed by atoms with van der Waals surface area (Å²) in [7, 11) is 0. The largest absolute Gasteiger partial charge is 0.370 e. The number of guanidine groups is 1. The fourth-order valence-electron chi connectivity index (χ4n) is 1.33. The Kier molecular flexibility index (Phi) is 2.81. The van der Waals surface area contributed by atoms with E-state index in [-0.39, 0.29) is 5.96 Å². The van der Waals surface area contributed by atoms with Crippen LogP contribution >= 0.6 is 0 Å². The van der Waals surface area contributed by atoms with Crippen molar-refractivity contribution < 1.29 is 0 Å². The molecule has 0 amide bonds. The molecule has 2 aromatic rings. The number of nitrogens with two attached hydrogens (primary N) is 2. The van der Waals surface area contributed by atoms with E-state index >= 15 is 0 Å². The Morgan fingerprint density at radius 3 is 2.69 bits per heavy atom. The van der Waals surface area contributed by atoms with Crippen LogP contribution in [0.2, 0.25) is 0 Å². The second kappa shape index (κ2) is 4.43. The van der Waals surface area contributed by atoms with Crippen LogP contribution in [0.15, 0.2) is 41.7 Å². The molecule has 82 valence electrons. The maximum absolute atomic E-state index is 5.27. The second-order valence-corrected chi connectivity index (χ2v) is 3.19. The lowest BCUT2D eigenvalue weighted by Gasteiger charge is -2.03. The molecular formula is C10H12N6. The third-order valence-corrected chi connectivity index (χ3v) is 2.06. The van der Waals surface area contributed by atoms with Crippen molar-refractivity contribution in [2.24, 2.45) is 16.5 Å². The zero-order valence-corrected chi connectivity index (χ0v) is 8.61. The lowest BCUT2D eigenvalue weighted by molar-refractivity contribution is 0.857. The first kappa shape index (κ1) is 10.2. The quantitative estimate of drug-likeness (QED) is 0.559. The molecule has 0 aliphatic carbocycles. The molecule has 0 bridgehead atoms. The summed E-state index contributed by atoms with van der Waals surface area (Å²) < 4.78 is 1.84. The molecule has 1 heterocycles. The third kappa shape index (κ3) is 2.17. The highest BCUT2D eigenvalue weighted by Crippen LogP contribution is 2.09. The number of hydrogen-bond acceptors (Lipinski definition) is 3. The highest BCUT2D eigenvalue weighted by atomic mass is 15.3. The molecule has 4 N–H and O–H groups in total. The van der Waals surface area contributed by atoms with Gasteiger partial charge in [-0.3, -0.25) is 4.57 Å². The first-order valence-corrected chi connectivity index (χ1v) is 4.77. The third-order valence-electron chi connectivity index (χ3n) is 2.06. The van der Waals surface area contributed by atoms with Gasteiger partial charge in [-0.15, -0.1) is 10.2 Å². The average Bonchev–Trinajstić information content (AvgIpc) is 2.75. The van der Waals surface area contributed by atoms with Crippen molar-refractivity contribution in [3.05, 3.63) is 42.5 Å². The molecule has 6 nitrogen and oxygen atoms in total. The molecule has 0 spiro atoms. The molecule has 0 atom stereocenters. The van der Waals surface area contributed by atoms with Gasteiger partial charge in [0.1, 0.15) is 12.9 Å². The van der Waals surface area contributed by atoms with Crippen LogP contribution in [0.5, 0.6) is 0 Å². The molecule has 0 radical (unpaired) electrons. The van der Waals surface area contributed by atoms with Crippen molar-refractivity contribution in [3.8, 4) is 5.69 Å². The zero-order chi connectivity index (χ0) is 11.4. The molecular weight excluding hydrogens is 204 g/mol. The minimum atomic E-state index is 0.0441.